The van der Waals surface area contributed by atoms with Crippen LogP contribution in [0, 0.1) is 36.5 Å². The van der Waals surface area contributed by atoms with Crippen LogP contribution < -0.4 is 19.8 Å². The summed E-state index contributed by atoms with van der Waals surface area (Å²) in [5.41, 5.74) is 2.86. The van der Waals surface area contributed by atoms with Gasteiger partial charge < -0.3 is 15.0 Å². The third-order valence-corrected chi connectivity index (χ3v) is 13.4. The fourth-order valence-electron chi connectivity index (χ4n) is 8.12. The van der Waals surface area contributed by atoms with Gasteiger partial charge in [0, 0.05) is 32.3 Å². The Morgan fingerprint density at radius 1 is 0.957 bits per heavy atom. The Morgan fingerprint density at radius 2 is 1.70 bits per heavy atom. The summed E-state index contributed by atoms with van der Waals surface area (Å²) in [6.07, 6.45) is 0.745. The maximum absolute atomic E-state index is 14.1. The second kappa shape index (κ2) is 11.7. The largest absolute Gasteiger partial charge is 0.483 e. The van der Waals surface area contributed by atoms with Gasteiger partial charge in [-0.3, -0.25) is 24.1 Å². The molecular formula is C34H26Cl3N3O5S2. The van der Waals surface area contributed by atoms with Gasteiger partial charge in [-0.2, -0.15) is 0 Å². The summed E-state index contributed by atoms with van der Waals surface area (Å²) in [5.74, 6) is -1.63. The highest BCUT2D eigenvalue weighted by atomic mass is 35.5. The molecule has 0 unspecified atom stereocenters. The maximum atomic E-state index is 14.1. The number of carbonyl (C=O) groups is 3. The topological polar surface area (TPSA) is 109 Å². The zero-order chi connectivity index (χ0) is 32.7. The minimum Gasteiger partial charge on any atom is -0.483 e. The molecule has 4 aliphatic rings. The molecule has 7 atom stereocenters. The second-order valence-electron chi connectivity index (χ2n) is 12.5. The number of nitrogens with one attached hydrogen (secondary N) is 2. The number of benzene rings is 3. The van der Waals surface area contributed by atoms with E-state index in [1.807, 2.05) is 37.3 Å². The average Bonchev–Trinajstić information content (AvgIpc) is 3.78. The number of nitrogens with zero attached hydrogens (tertiary/aromatic N) is 1. The smallest absolute Gasteiger partial charge is 0.305 e. The first-order valence-electron chi connectivity index (χ1n) is 15.1. The lowest BCUT2D eigenvalue weighted by Gasteiger charge is -2.43. The first-order chi connectivity index (χ1) is 22.6. The van der Waals surface area contributed by atoms with E-state index < -0.39 is 17.7 Å². The van der Waals surface area contributed by atoms with Gasteiger partial charge >= 0.3 is 4.87 Å². The van der Waals surface area contributed by atoms with Gasteiger partial charge in [0.2, 0.25) is 11.8 Å². The average molecular weight is 727 g/mol. The Morgan fingerprint density at radius 3 is 2.45 bits per heavy atom. The van der Waals surface area contributed by atoms with Crippen LogP contribution in [0.25, 0.3) is 0 Å². The van der Waals surface area contributed by atoms with Crippen LogP contribution >= 0.6 is 57.9 Å². The number of ether oxygens (including phenoxy) is 1. The molecular weight excluding hydrogens is 701 g/mol. The summed E-state index contributed by atoms with van der Waals surface area (Å²) in [6, 6.07) is 17.5. The van der Waals surface area contributed by atoms with Crippen LogP contribution in [0.1, 0.15) is 28.3 Å². The number of hydrogen-bond donors (Lipinski definition) is 2. The van der Waals surface area contributed by atoms with E-state index in [1.54, 1.807) is 42.1 Å². The minimum absolute atomic E-state index is 0.0106. The number of fused-ring (bicyclic) bond motifs is 9. The molecule has 3 aromatic carbocycles. The molecule has 0 radical (unpaired) electrons. The molecule has 8 rings (SSSR count). The Kier molecular flexibility index (Phi) is 7.72. The number of aryl methyl sites for hydroxylation is 1. The Balaban J connectivity index is 1.13. The first kappa shape index (κ1) is 31.0. The van der Waals surface area contributed by atoms with Crippen molar-refractivity contribution >= 4 is 87.0 Å². The number of rotatable bonds is 6. The number of thioether (sulfide) groups is 1. The van der Waals surface area contributed by atoms with Crippen molar-refractivity contribution in [1.82, 2.24) is 4.98 Å². The highest BCUT2D eigenvalue weighted by Gasteiger charge is 2.69. The van der Waals surface area contributed by atoms with Crippen molar-refractivity contribution in [2.75, 3.05) is 16.8 Å². The fraction of sp³-hybridized carbons (Fsp3) is 0.294. The monoisotopic (exact) mass is 725 g/mol. The van der Waals surface area contributed by atoms with Gasteiger partial charge in [0.05, 0.1) is 32.6 Å². The van der Waals surface area contributed by atoms with Gasteiger partial charge in [0.25, 0.3) is 5.91 Å². The predicted molar refractivity (Wildman–Crippen MR) is 184 cm³/mol. The molecule has 0 spiro atoms. The molecule has 3 amide bonds. The molecule has 2 bridgehead atoms. The maximum Gasteiger partial charge on any atom is 0.305 e. The number of thiazole rings is 1. The molecule has 4 aromatic rings. The number of aromatic amines is 1. The SMILES string of the molecule is Cc1ccc(N2C(=O)[C@H]3[C@H]4C[C@@H]([C@@H]3C2=O)[C@@H]2[C@H](c3cc(Cl)ccc3OCC(=O)Nc3ccc(Cl)c(Cl)c3)c3sc(=O)[nH]c3S[C@H]42)cc1. The molecule has 13 heteroatoms. The minimum atomic E-state index is -0.448. The van der Waals surface area contributed by atoms with E-state index in [-0.39, 0.29) is 52.2 Å². The van der Waals surface area contributed by atoms with Crippen LogP contribution in [0.5, 0.6) is 5.75 Å². The van der Waals surface area contributed by atoms with E-state index in [2.05, 4.69) is 10.3 Å². The number of halogens is 3. The highest BCUT2D eigenvalue weighted by molar-refractivity contribution is 8.00. The number of imide groups is 1. The standard InChI is InChI=1S/C34H26Cl3N3O5S2/c1-14-2-6-17(7-3-14)40-32(42)27-19-12-20(28(27)33(40)43)29-26(19)25(30-31(46-29)39-34(44)47-30)18-10-15(35)4-9-23(18)45-13-24(41)38-16-5-8-21(36)22(37)11-16/h2-11,19-20,25-29H,12-13H2,1H3,(H,38,41)(H,39,44)/t19-,20-,25+,26-,27+,28+,29-/m1/s1. The molecule has 3 fully saturated rings. The third kappa shape index (κ3) is 5.11. The van der Waals surface area contributed by atoms with Crippen LogP contribution in [0.2, 0.25) is 15.1 Å². The van der Waals surface area contributed by atoms with Crippen molar-refractivity contribution in [3.05, 3.63) is 101 Å². The van der Waals surface area contributed by atoms with Crippen molar-refractivity contribution in [2.24, 2.45) is 29.6 Å². The summed E-state index contributed by atoms with van der Waals surface area (Å²) in [5, 5.41) is 4.69. The molecule has 8 nitrogen and oxygen atoms in total. The summed E-state index contributed by atoms with van der Waals surface area (Å²) in [6.45, 7) is 1.67. The molecule has 2 N–H and O–H groups in total. The van der Waals surface area contributed by atoms with Gasteiger partial charge in [-0.15, -0.1) is 11.8 Å². The van der Waals surface area contributed by atoms with Gasteiger partial charge in [0.15, 0.2) is 6.61 Å². The zero-order valence-corrected chi connectivity index (χ0v) is 28.6. The van der Waals surface area contributed by atoms with Crippen LogP contribution in [0.15, 0.2) is 70.5 Å². The molecule has 1 aromatic heterocycles. The zero-order valence-electron chi connectivity index (χ0n) is 24.7. The molecule has 2 saturated carbocycles. The van der Waals surface area contributed by atoms with E-state index >= 15 is 0 Å². The second-order valence-corrected chi connectivity index (χ2v) is 15.9. The summed E-state index contributed by atoms with van der Waals surface area (Å²) < 4.78 is 6.14. The normalized spacial score (nSPS) is 27.1. The third-order valence-electron chi connectivity index (χ3n) is 9.89. The van der Waals surface area contributed by atoms with E-state index in [0.29, 0.717) is 32.2 Å². The van der Waals surface area contributed by atoms with Crippen LogP contribution in [0.4, 0.5) is 11.4 Å². The van der Waals surface area contributed by atoms with Gasteiger partial charge in [-0.1, -0.05) is 63.8 Å². The lowest BCUT2D eigenvalue weighted by Crippen LogP contribution is -2.42. The van der Waals surface area contributed by atoms with E-state index in [0.717, 1.165) is 38.8 Å². The number of hydrogen-bond acceptors (Lipinski definition) is 7. The van der Waals surface area contributed by atoms with Crippen LogP contribution in [-0.4, -0.2) is 34.6 Å². The van der Waals surface area contributed by atoms with E-state index in [1.165, 1.54) is 4.90 Å². The van der Waals surface area contributed by atoms with E-state index in [9.17, 15) is 19.2 Å². The molecule has 47 heavy (non-hydrogen) atoms. The molecule has 2 aliphatic heterocycles. The van der Waals surface area contributed by atoms with Crippen molar-refractivity contribution in [3.8, 4) is 5.75 Å². The summed E-state index contributed by atoms with van der Waals surface area (Å²) >= 11 is 21.4. The van der Waals surface area contributed by atoms with Crippen molar-refractivity contribution in [1.29, 1.82) is 0 Å². The predicted octanol–water partition coefficient (Wildman–Crippen LogP) is 7.40. The van der Waals surface area contributed by atoms with E-state index in [4.69, 9.17) is 39.5 Å². The first-order valence-corrected chi connectivity index (χ1v) is 17.9. The van der Waals surface area contributed by atoms with Crippen LogP contribution in [0.3, 0.4) is 0 Å². The Bertz CT molecular complexity index is 2030. The number of carbonyl (C=O) groups excluding carboxylic acids is 3. The molecule has 3 heterocycles. The van der Waals surface area contributed by atoms with Crippen molar-refractivity contribution in [3.63, 3.8) is 0 Å². The fourth-order valence-corrected chi connectivity index (χ4v) is 11.5. The lowest BCUT2D eigenvalue weighted by molar-refractivity contribution is -0.123. The summed E-state index contributed by atoms with van der Waals surface area (Å²) in [4.78, 5) is 58.7. The number of H-pyrrole nitrogens is 1. The van der Waals surface area contributed by atoms with Gasteiger partial charge in [-0.05, 0) is 79.6 Å². The van der Waals surface area contributed by atoms with Gasteiger partial charge in [0.1, 0.15) is 5.75 Å². The van der Waals surface area contributed by atoms with Crippen molar-refractivity contribution in [2.45, 2.75) is 29.5 Å². The molecule has 2 aliphatic carbocycles. The summed E-state index contributed by atoms with van der Waals surface area (Å²) in [7, 11) is 0. The van der Waals surface area contributed by atoms with Gasteiger partial charge in [-0.25, -0.2) is 0 Å². The molecule has 240 valence electrons. The van der Waals surface area contributed by atoms with Crippen molar-refractivity contribution < 1.29 is 19.1 Å². The lowest BCUT2D eigenvalue weighted by atomic mass is 9.68. The van der Waals surface area contributed by atoms with Crippen LogP contribution in [-0.2, 0) is 14.4 Å². The quantitative estimate of drug-likeness (QED) is 0.201. The Hall–Kier alpha value is -3.28. The molecule has 1 saturated heterocycles. The number of amides is 3. The Labute approximate surface area is 292 Å². The number of anilines is 2. The number of aromatic nitrogens is 1. The highest BCUT2D eigenvalue weighted by Crippen LogP contribution is 2.69.